The summed E-state index contributed by atoms with van der Waals surface area (Å²) in [6.07, 6.45) is 5.39. The van der Waals surface area contributed by atoms with Gasteiger partial charge in [-0.15, -0.1) is 0 Å². The quantitative estimate of drug-likeness (QED) is 0.631. The maximum atomic E-state index is 13.1. The van der Waals surface area contributed by atoms with Gasteiger partial charge >= 0.3 is 0 Å². The number of benzene rings is 2. The summed E-state index contributed by atoms with van der Waals surface area (Å²) in [4.78, 5) is 0.275. The molecular weight excluding hydrogens is 354 g/mol. The van der Waals surface area contributed by atoms with Gasteiger partial charge in [0.05, 0.1) is 4.90 Å². The van der Waals surface area contributed by atoms with Crippen LogP contribution in [0.2, 0.25) is 5.02 Å². The lowest BCUT2D eigenvalue weighted by atomic mass is 10.1. The maximum Gasteiger partial charge on any atom is 0.243 e. The van der Waals surface area contributed by atoms with Gasteiger partial charge in [-0.3, -0.25) is 0 Å². The van der Waals surface area contributed by atoms with Crippen molar-refractivity contribution < 1.29 is 8.42 Å². The summed E-state index contributed by atoms with van der Waals surface area (Å²) in [5.74, 6) is 0. The van der Waals surface area contributed by atoms with E-state index >= 15 is 0 Å². The van der Waals surface area contributed by atoms with Gasteiger partial charge in [-0.1, -0.05) is 67.9 Å². The van der Waals surface area contributed by atoms with Crippen LogP contribution in [0.5, 0.6) is 0 Å². The molecule has 5 heteroatoms. The van der Waals surface area contributed by atoms with Gasteiger partial charge < -0.3 is 0 Å². The van der Waals surface area contributed by atoms with Gasteiger partial charge in [0.25, 0.3) is 0 Å². The third-order valence-corrected chi connectivity index (χ3v) is 6.35. The molecule has 0 heterocycles. The number of halogens is 1. The van der Waals surface area contributed by atoms with Crippen molar-refractivity contribution in [2.24, 2.45) is 0 Å². The minimum Gasteiger partial charge on any atom is -0.207 e. The van der Waals surface area contributed by atoms with Crippen LogP contribution in [0.25, 0.3) is 6.08 Å². The van der Waals surface area contributed by atoms with Gasteiger partial charge in [0.15, 0.2) is 0 Å². The number of hydrogen-bond acceptors (Lipinski definition) is 2. The Kier molecular flexibility index (Phi) is 7.24. The number of rotatable bonds is 8. The van der Waals surface area contributed by atoms with E-state index < -0.39 is 10.0 Å². The van der Waals surface area contributed by atoms with Crippen molar-refractivity contribution in [1.29, 1.82) is 0 Å². The first-order valence-electron chi connectivity index (χ1n) is 8.48. The van der Waals surface area contributed by atoms with Crippen molar-refractivity contribution in [2.45, 2.75) is 37.6 Å². The Morgan fingerprint density at radius 1 is 1.00 bits per heavy atom. The Hall–Kier alpha value is -1.62. The minimum absolute atomic E-state index is 0.0406. The second-order valence-corrected chi connectivity index (χ2v) is 8.14. The Morgan fingerprint density at radius 3 is 2.16 bits per heavy atom. The van der Waals surface area contributed by atoms with Crippen LogP contribution in [0.15, 0.2) is 65.6 Å². The molecular formula is C20H24ClNO2S. The van der Waals surface area contributed by atoms with Crippen molar-refractivity contribution in [2.75, 3.05) is 6.54 Å². The monoisotopic (exact) mass is 377 g/mol. The van der Waals surface area contributed by atoms with Crippen molar-refractivity contribution in [3.05, 3.63) is 71.3 Å². The lowest BCUT2D eigenvalue weighted by Gasteiger charge is -2.28. The van der Waals surface area contributed by atoms with E-state index in [1.165, 1.54) is 0 Å². The van der Waals surface area contributed by atoms with Gasteiger partial charge in [0.1, 0.15) is 0 Å². The molecule has 3 nitrogen and oxygen atoms in total. The van der Waals surface area contributed by atoms with Gasteiger partial charge in [-0.05, 0) is 42.7 Å². The van der Waals surface area contributed by atoms with Crippen molar-refractivity contribution >= 4 is 27.7 Å². The summed E-state index contributed by atoms with van der Waals surface area (Å²) in [5, 5.41) is 0.525. The van der Waals surface area contributed by atoms with Crippen LogP contribution in [0.1, 0.15) is 32.3 Å². The lowest BCUT2D eigenvalue weighted by molar-refractivity contribution is 0.326. The van der Waals surface area contributed by atoms with Crippen LogP contribution in [0, 0.1) is 0 Å². The second kappa shape index (κ2) is 9.18. The molecule has 0 unspecified atom stereocenters. The highest BCUT2D eigenvalue weighted by atomic mass is 35.5. The Bertz CT molecular complexity index is 782. The van der Waals surface area contributed by atoms with Crippen LogP contribution in [-0.2, 0) is 10.0 Å². The molecule has 0 saturated carbocycles. The zero-order chi connectivity index (χ0) is 18.3. The maximum absolute atomic E-state index is 13.1. The van der Waals surface area contributed by atoms with E-state index in [9.17, 15) is 8.42 Å². The topological polar surface area (TPSA) is 37.4 Å². The van der Waals surface area contributed by atoms with Crippen LogP contribution in [0.3, 0.4) is 0 Å². The second-order valence-electron chi connectivity index (χ2n) is 5.81. The molecule has 0 aliphatic heterocycles. The standard InChI is InChI=1S/C20H24ClNO2S/c1-3-19(4-2)22(16-8-11-17-9-6-5-7-10-17)25(23,24)20-14-12-18(21)13-15-20/h5-15,19H,3-4,16H2,1-2H3. The molecule has 2 rings (SSSR count). The SMILES string of the molecule is CCC(CC)N(CC=Cc1ccccc1)S(=O)(=O)c1ccc(Cl)cc1. The van der Waals surface area contributed by atoms with Crippen LogP contribution < -0.4 is 0 Å². The number of hydrogen-bond donors (Lipinski definition) is 0. The van der Waals surface area contributed by atoms with E-state index in [-0.39, 0.29) is 10.9 Å². The molecule has 0 saturated heterocycles. The third-order valence-electron chi connectivity index (χ3n) is 4.17. The summed E-state index contributed by atoms with van der Waals surface area (Å²) in [5.41, 5.74) is 1.05. The average Bonchev–Trinajstić information content (AvgIpc) is 2.62. The molecule has 2 aromatic carbocycles. The highest BCUT2D eigenvalue weighted by molar-refractivity contribution is 7.89. The first-order chi connectivity index (χ1) is 12.0. The van der Waals surface area contributed by atoms with Gasteiger partial charge in [-0.25, -0.2) is 8.42 Å². The largest absolute Gasteiger partial charge is 0.243 e. The molecule has 0 spiro atoms. The van der Waals surface area contributed by atoms with E-state index in [1.807, 2.05) is 56.3 Å². The van der Waals surface area contributed by atoms with Gasteiger partial charge in [0.2, 0.25) is 10.0 Å². The van der Waals surface area contributed by atoms with Crippen molar-refractivity contribution in [3.63, 3.8) is 0 Å². The average molecular weight is 378 g/mol. The summed E-state index contributed by atoms with van der Waals surface area (Å²) < 4.78 is 27.8. The zero-order valence-electron chi connectivity index (χ0n) is 14.6. The normalized spacial score (nSPS) is 12.4. The summed E-state index contributed by atoms with van der Waals surface area (Å²) in [6, 6.07) is 16.2. The number of nitrogens with zero attached hydrogens (tertiary/aromatic N) is 1. The molecule has 0 bridgehead atoms. The predicted octanol–water partition coefficient (Wildman–Crippen LogP) is 5.23. The number of sulfonamides is 1. The first kappa shape index (κ1) is 19.7. The molecule has 0 radical (unpaired) electrons. The van der Waals surface area contributed by atoms with Crippen molar-refractivity contribution in [1.82, 2.24) is 4.31 Å². The van der Waals surface area contributed by atoms with Gasteiger partial charge in [-0.2, -0.15) is 4.31 Å². The Labute approximate surface area is 156 Å². The van der Waals surface area contributed by atoms with E-state index in [0.717, 1.165) is 18.4 Å². The summed E-state index contributed by atoms with van der Waals surface area (Å²) in [7, 11) is -3.57. The molecule has 0 N–H and O–H groups in total. The Morgan fingerprint density at radius 2 is 1.60 bits per heavy atom. The molecule has 0 amide bonds. The van der Waals surface area contributed by atoms with E-state index in [2.05, 4.69) is 0 Å². The van der Waals surface area contributed by atoms with E-state index in [1.54, 1.807) is 28.6 Å². The zero-order valence-corrected chi connectivity index (χ0v) is 16.2. The fourth-order valence-corrected chi connectivity index (χ4v) is 4.59. The van der Waals surface area contributed by atoms with E-state index in [4.69, 9.17) is 11.6 Å². The molecule has 134 valence electrons. The lowest BCUT2D eigenvalue weighted by Crippen LogP contribution is -2.39. The fraction of sp³-hybridized carbons (Fsp3) is 0.300. The highest BCUT2D eigenvalue weighted by Crippen LogP contribution is 2.23. The minimum atomic E-state index is -3.57. The molecule has 0 aliphatic carbocycles. The van der Waals surface area contributed by atoms with Gasteiger partial charge in [0, 0.05) is 17.6 Å². The smallest absolute Gasteiger partial charge is 0.207 e. The fourth-order valence-electron chi connectivity index (χ4n) is 2.74. The Balaban J connectivity index is 2.29. The molecule has 25 heavy (non-hydrogen) atoms. The third kappa shape index (κ3) is 5.18. The van der Waals surface area contributed by atoms with Crippen molar-refractivity contribution in [3.8, 4) is 0 Å². The molecule has 0 atom stereocenters. The highest BCUT2D eigenvalue weighted by Gasteiger charge is 2.28. The molecule has 0 aliphatic rings. The first-order valence-corrected chi connectivity index (χ1v) is 10.3. The molecule has 0 fully saturated rings. The summed E-state index contributed by atoms with van der Waals surface area (Å²) in [6.45, 7) is 4.37. The van der Waals surface area contributed by atoms with Crippen LogP contribution in [0.4, 0.5) is 0 Å². The predicted molar refractivity (Wildman–Crippen MR) is 105 cm³/mol. The molecule has 0 aromatic heterocycles. The van der Waals surface area contributed by atoms with E-state index in [0.29, 0.717) is 11.6 Å². The summed E-state index contributed by atoms with van der Waals surface area (Å²) >= 11 is 5.89. The van der Waals surface area contributed by atoms with Crippen LogP contribution in [-0.4, -0.2) is 25.3 Å². The molecule has 2 aromatic rings. The van der Waals surface area contributed by atoms with Crippen LogP contribution >= 0.6 is 11.6 Å².